The van der Waals surface area contributed by atoms with Gasteiger partial charge in [0, 0.05) is 31.7 Å². The summed E-state index contributed by atoms with van der Waals surface area (Å²) in [5, 5.41) is 5.62. The minimum Gasteiger partial charge on any atom is -0.497 e. The number of halogens is 2. The number of benzene rings is 4. The maximum atomic E-state index is 14.2. The predicted molar refractivity (Wildman–Crippen MR) is 189 cm³/mol. The summed E-state index contributed by atoms with van der Waals surface area (Å²) in [6.07, 6.45) is 1.81. The number of amides is 1. The van der Waals surface area contributed by atoms with Gasteiger partial charge < -0.3 is 14.5 Å². The van der Waals surface area contributed by atoms with E-state index >= 15 is 0 Å². The Kier molecular flexibility index (Phi) is 8.97. The molecule has 1 saturated heterocycles. The van der Waals surface area contributed by atoms with Gasteiger partial charge in [-0.05, 0) is 72.3 Å². The first-order valence-corrected chi connectivity index (χ1v) is 18.0. The summed E-state index contributed by atoms with van der Waals surface area (Å²) in [5.74, 6) is -0.0579. The molecule has 0 radical (unpaired) electrons. The average Bonchev–Trinajstić information content (AvgIpc) is 3.72. The zero-order valence-electron chi connectivity index (χ0n) is 26.2. The lowest BCUT2D eigenvalue weighted by Crippen LogP contribution is -2.49. The first kappa shape index (κ1) is 32.6. The molecule has 1 aliphatic heterocycles. The van der Waals surface area contributed by atoms with Crippen LogP contribution in [0.1, 0.15) is 15.9 Å². The van der Waals surface area contributed by atoms with Crippen LogP contribution < -0.4 is 13.9 Å². The third-order valence-electron chi connectivity index (χ3n) is 8.30. The Hall–Kier alpha value is -4.98. The summed E-state index contributed by atoms with van der Waals surface area (Å²) in [6, 6.07) is 26.5. The fraction of sp³-hybridized carbons (Fsp3) is 0.171. The van der Waals surface area contributed by atoms with Crippen LogP contribution in [-0.4, -0.2) is 67.1 Å². The normalized spacial score (nSPS) is 13.5. The molecule has 6 aromatic rings. The number of carbonyl (C=O) groups is 1. The molecule has 0 bridgehead atoms. The van der Waals surface area contributed by atoms with Gasteiger partial charge >= 0.3 is 0 Å². The number of hydrogen-bond acceptors (Lipinski definition) is 8. The molecule has 7 rings (SSSR count). The molecule has 250 valence electrons. The van der Waals surface area contributed by atoms with Crippen LogP contribution in [0, 0.1) is 5.82 Å². The van der Waals surface area contributed by atoms with Crippen LogP contribution >= 0.6 is 22.9 Å². The molecule has 4 aromatic carbocycles. The van der Waals surface area contributed by atoms with E-state index in [-0.39, 0.29) is 33.8 Å². The van der Waals surface area contributed by atoms with Crippen molar-refractivity contribution in [2.24, 2.45) is 0 Å². The Morgan fingerprint density at radius 1 is 0.959 bits per heavy atom. The summed E-state index contributed by atoms with van der Waals surface area (Å²) in [7, 11) is -2.58. The molecule has 0 N–H and O–H groups in total. The van der Waals surface area contributed by atoms with Gasteiger partial charge in [0.05, 0.1) is 46.7 Å². The molecule has 14 heteroatoms. The number of nitrogens with zero attached hydrogens (tertiary/aromatic N) is 6. The molecule has 1 amide bonds. The number of hydrogen-bond donors (Lipinski definition) is 0. The standard InChI is InChI=1S/C35H30ClFN6O4S2/c1-47-28-13-11-27(12-14-28)43(22-24-5-3-2-4-6-24)49(45,46)29-15-16-31(36)30(21-29)33(44)40-17-19-41(20-18-40)35-39-42-23-32(38-34(42)48-35)25-7-9-26(37)10-8-25/h2-16,21,23H,17-20,22H2,1H3. The predicted octanol–water partition coefficient (Wildman–Crippen LogP) is 6.62. The Morgan fingerprint density at radius 3 is 2.35 bits per heavy atom. The lowest BCUT2D eigenvalue weighted by atomic mass is 10.2. The van der Waals surface area contributed by atoms with E-state index < -0.39 is 10.0 Å². The number of aromatic nitrogens is 3. The second-order valence-electron chi connectivity index (χ2n) is 11.4. The number of rotatable bonds is 9. The number of methoxy groups -OCH3 is 1. The van der Waals surface area contributed by atoms with Crippen LogP contribution in [0.15, 0.2) is 108 Å². The molecule has 1 fully saturated rings. The van der Waals surface area contributed by atoms with Gasteiger partial charge in [-0.15, -0.1) is 5.10 Å². The fourth-order valence-corrected chi connectivity index (χ4v) is 8.23. The van der Waals surface area contributed by atoms with E-state index in [9.17, 15) is 17.6 Å². The van der Waals surface area contributed by atoms with Gasteiger partial charge in [0.1, 0.15) is 11.6 Å². The van der Waals surface area contributed by atoms with E-state index in [1.165, 1.54) is 46.0 Å². The number of anilines is 2. The van der Waals surface area contributed by atoms with Crippen molar-refractivity contribution in [3.8, 4) is 17.0 Å². The van der Waals surface area contributed by atoms with Gasteiger partial charge in [0.25, 0.3) is 15.9 Å². The molecule has 0 spiro atoms. The Bertz CT molecular complexity index is 2190. The number of piperazine rings is 1. The highest BCUT2D eigenvalue weighted by Gasteiger charge is 2.30. The number of carbonyl (C=O) groups excluding carboxylic acids is 1. The van der Waals surface area contributed by atoms with Gasteiger partial charge in [0.2, 0.25) is 10.1 Å². The highest BCUT2D eigenvalue weighted by Crippen LogP contribution is 2.31. The van der Waals surface area contributed by atoms with Gasteiger partial charge in [-0.2, -0.15) is 0 Å². The summed E-state index contributed by atoms with van der Waals surface area (Å²) < 4.78 is 50.0. The van der Waals surface area contributed by atoms with Crippen LogP contribution in [0.5, 0.6) is 5.75 Å². The molecule has 0 unspecified atom stereocenters. The average molecular weight is 717 g/mol. The van der Waals surface area contributed by atoms with Crippen molar-refractivity contribution in [2.75, 3.05) is 42.5 Å². The second-order valence-corrected chi connectivity index (χ2v) is 14.6. The molecule has 0 aliphatic carbocycles. The first-order valence-electron chi connectivity index (χ1n) is 15.4. The first-order chi connectivity index (χ1) is 23.7. The lowest BCUT2D eigenvalue weighted by molar-refractivity contribution is 0.0746. The number of fused-ring (bicyclic) bond motifs is 1. The van der Waals surface area contributed by atoms with Crippen LogP contribution in [0.4, 0.5) is 15.2 Å². The topological polar surface area (TPSA) is 100 Å². The summed E-state index contributed by atoms with van der Waals surface area (Å²) >= 11 is 7.95. The minimum absolute atomic E-state index is 0.0447. The molecular weight excluding hydrogens is 687 g/mol. The summed E-state index contributed by atoms with van der Waals surface area (Å²) in [5.41, 5.74) is 2.87. The van der Waals surface area contributed by atoms with E-state index in [0.29, 0.717) is 48.3 Å². The van der Waals surface area contributed by atoms with Crippen molar-refractivity contribution in [1.29, 1.82) is 0 Å². The van der Waals surface area contributed by atoms with Crippen molar-refractivity contribution < 1.29 is 22.3 Å². The van der Waals surface area contributed by atoms with Crippen LogP contribution in [0.3, 0.4) is 0 Å². The van der Waals surface area contributed by atoms with E-state index in [0.717, 1.165) is 16.3 Å². The maximum Gasteiger partial charge on any atom is 0.264 e. The third-order valence-corrected chi connectivity index (χ3v) is 11.4. The van der Waals surface area contributed by atoms with E-state index in [1.54, 1.807) is 59.1 Å². The Balaban J connectivity index is 1.08. The van der Waals surface area contributed by atoms with Gasteiger partial charge in [-0.1, -0.05) is 53.3 Å². The van der Waals surface area contributed by atoms with Gasteiger partial charge in [0.15, 0.2) is 0 Å². The van der Waals surface area contributed by atoms with E-state index in [1.807, 2.05) is 30.3 Å². The monoisotopic (exact) mass is 716 g/mol. The molecule has 3 heterocycles. The van der Waals surface area contributed by atoms with Gasteiger partial charge in [-0.3, -0.25) is 9.10 Å². The lowest BCUT2D eigenvalue weighted by Gasteiger charge is -2.34. The highest BCUT2D eigenvalue weighted by molar-refractivity contribution is 7.92. The SMILES string of the molecule is COc1ccc(N(Cc2ccccc2)S(=O)(=O)c2ccc(Cl)c(C(=O)N3CCN(c4nn5cc(-c6ccc(F)cc6)nc5s4)CC3)c2)cc1. The molecule has 49 heavy (non-hydrogen) atoms. The Labute approximate surface area is 291 Å². The van der Waals surface area contributed by atoms with E-state index in [4.69, 9.17) is 16.3 Å². The highest BCUT2D eigenvalue weighted by atomic mass is 35.5. The van der Waals surface area contributed by atoms with Crippen molar-refractivity contribution >= 4 is 54.6 Å². The van der Waals surface area contributed by atoms with Crippen molar-refractivity contribution in [3.05, 3.63) is 125 Å². The molecule has 0 atom stereocenters. The fourth-order valence-electron chi connectivity index (χ4n) is 5.62. The minimum atomic E-state index is -4.13. The smallest absolute Gasteiger partial charge is 0.264 e. The van der Waals surface area contributed by atoms with Crippen LogP contribution in [0.25, 0.3) is 16.2 Å². The quantitative estimate of drug-likeness (QED) is 0.166. The second kappa shape index (κ2) is 13.5. The number of sulfonamides is 1. The van der Waals surface area contributed by atoms with E-state index in [2.05, 4.69) is 15.0 Å². The summed E-state index contributed by atoms with van der Waals surface area (Å²) in [6.45, 7) is 1.90. The number of imidazole rings is 1. The Morgan fingerprint density at radius 2 is 1.67 bits per heavy atom. The zero-order valence-corrected chi connectivity index (χ0v) is 28.6. The summed E-state index contributed by atoms with van der Waals surface area (Å²) in [4.78, 5) is 22.8. The van der Waals surface area contributed by atoms with Crippen LogP contribution in [-0.2, 0) is 16.6 Å². The number of ether oxygens (including phenoxy) is 1. The molecule has 0 saturated carbocycles. The molecule has 2 aromatic heterocycles. The van der Waals surface area contributed by atoms with Crippen molar-refractivity contribution in [2.45, 2.75) is 11.4 Å². The molecule has 1 aliphatic rings. The van der Waals surface area contributed by atoms with Crippen molar-refractivity contribution in [3.63, 3.8) is 0 Å². The largest absolute Gasteiger partial charge is 0.497 e. The maximum absolute atomic E-state index is 14.2. The van der Waals surface area contributed by atoms with Gasteiger partial charge in [-0.25, -0.2) is 22.3 Å². The van der Waals surface area contributed by atoms with Crippen LogP contribution in [0.2, 0.25) is 5.02 Å². The molecular formula is C35H30ClFN6O4S2. The molecule has 10 nitrogen and oxygen atoms in total. The van der Waals surface area contributed by atoms with Crippen molar-refractivity contribution in [1.82, 2.24) is 19.5 Å². The third kappa shape index (κ3) is 6.69. The zero-order chi connectivity index (χ0) is 34.1.